The molecule has 8 heteroatoms. The monoisotopic (exact) mass is 268 g/mol. The fraction of sp³-hybridized carbons (Fsp3) is 0.400. The molecule has 1 rings (SSSR count). The summed E-state index contributed by atoms with van der Waals surface area (Å²) in [6, 6.07) is 0. The Morgan fingerprint density at radius 3 is 1.44 bits per heavy atom. The summed E-state index contributed by atoms with van der Waals surface area (Å²) in [4.78, 5) is 27.7. The lowest BCUT2D eigenvalue weighted by Crippen LogP contribution is -2.37. The van der Waals surface area contributed by atoms with Crippen LogP contribution in [0.3, 0.4) is 0 Å². The Morgan fingerprint density at radius 1 is 0.944 bits per heavy atom. The van der Waals surface area contributed by atoms with Gasteiger partial charge in [0, 0.05) is 9.05 Å². The summed E-state index contributed by atoms with van der Waals surface area (Å²) < 4.78 is 51.0. The smallest absolute Gasteiger partial charge is 0.253 e. The lowest BCUT2D eigenvalue weighted by Gasteiger charge is -2.30. The van der Waals surface area contributed by atoms with Gasteiger partial charge in [-0.1, -0.05) is 12.2 Å². The quantitative estimate of drug-likeness (QED) is 0.570. The summed E-state index contributed by atoms with van der Waals surface area (Å²) in [6.45, 7) is 1.67. The average molecular weight is 268 g/mol. The van der Waals surface area contributed by atoms with Gasteiger partial charge >= 0.3 is 11.9 Å². The van der Waals surface area contributed by atoms with E-state index in [2.05, 4.69) is 9.88 Å². The maximum atomic E-state index is 13.7. The highest BCUT2D eigenvalue weighted by molar-refractivity contribution is 5.87. The maximum Gasteiger partial charge on any atom is 0.365 e. The molecular formula is C10H8F4O4. The molecule has 100 valence electrons. The van der Waals surface area contributed by atoms with E-state index in [1.165, 1.54) is 0 Å². The highest BCUT2D eigenvalue weighted by Crippen LogP contribution is 2.47. The first-order chi connectivity index (χ1) is 8.24. The van der Waals surface area contributed by atoms with E-state index in [1.807, 2.05) is 0 Å². The van der Waals surface area contributed by atoms with E-state index in [4.69, 9.17) is 0 Å². The molecule has 0 N–H and O–H groups in total. The van der Waals surface area contributed by atoms with Gasteiger partial charge in [-0.15, -0.1) is 0 Å². The summed E-state index contributed by atoms with van der Waals surface area (Å²) >= 11 is 0. The van der Waals surface area contributed by atoms with E-state index in [-0.39, 0.29) is 0 Å². The van der Waals surface area contributed by atoms with Crippen LogP contribution in [0.1, 0.15) is 13.8 Å². The first kappa shape index (κ1) is 14.2. The average Bonchev–Trinajstić information content (AvgIpc) is 2.38. The topological polar surface area (TPSA) is 52.6 Å². The van der Waals surface area contributed by atoms with Crippen molar-refractivity contribution in [1.82, 2.24) is 0 Å². The van der Waals surface area contributed by atoms with E-state index in [1.54, 1.807) is 0 Å². The minimum atomic E-state index is -2.35. The van der Waals surface area contributed by atoms with Crippen LogP contribution >= 0.6 is 0 Å². The molecule has 0 saturated carbocycles. The van der Waals surface area contributed by atoms with Gasteiger partial charge in [0.25, 0.3) is 0 Å². The highest BCUT2D eigenvalue weighted by atomic mass is 19.3. The lowest BCUT2D eigenvalue weighted by molar-refractivity contribution is -0.195. The van der Waals surface area contributed by atoms with E-state index >= 15 is 0 Å². The van der Waals surface area contributed by atoms with Gasteiger partial charge in [0.1, 0.15) is 10.8 Å². The van der Waals surface area contributed by atoms with Crippen LogP contribution in [0.15, 0.2) is 23.8 Å². The molecule has 0 fully saturated rings. The van der Waals surface area contributed by atoms with Crippen LogP contribution in [-0.2, 0) is 19.5 Å². The van der Waals surface area contributed by atoms with Crippen molar-refractivity contribution >= 4 is 11.9 Å². The van der Waals surface area contributed by atoms with Gasteiger partial charge in [0.05, 0.1) is 0 Å². The summed E-state index contributed by atoms with van der Waals surface area (Å²) in [5.41, 5.74) is -4.70. The minimum Gasteiger partial charge on any atom is -0.253 e. The van der Waals surface area contributed by atoms with E-state index in [0.717, 1.165) is 13.8 Å². The fourth-order valence-corrected chi connectivity index (χ4v) is 1.41. The number of halogens is 4. The Morgan fingerprint density at radius 2 is 1.22 bits per heavy atom. The van der Waals surface area contributed by atoms with Crippen LogP contribution in [0.2, 0.25) is 0 Å². The van der Waals surface area contributed by atoms with Gasteiger partial charge in [-0.25, -0.2) is 18.4 Å². The van der Waals surface area contributed by atoms with Crippen molar-refractivity contribution in [2.75, 3.05) is 0 Å². The van der Waals surface area contributed by atoms with Gasteiger partial charge in [0.2, 0.25) is 0 Å². The molecule has 2 unspecified atom stereocenters. The normalized spacial score (nSPS) is 31.2. The second-order valence-corrected chi connectivity index (χ2v) is 4.10. The molecule has 0 amide bonds. The molecule has 0 bridgehead atoms. The molecule has 0 aromatic rings. The molecule has 0 heterocycles. The highest BCUT2D eigenvalue weighted by Gasteiger charge is 2.52. The number of rotatable bonds is 2. The van der Waals surface area contributed by atoms with Crippen LogP contribution < -0.4 is 0 Å². The van der Waals surface area contributed by atoms with Crippen LogP contribution in [0.5, 0.6) is 0 Å². The maximum absolute atomic E-state index is 13.7. The molecule has 1 aliphatic rings. The third-order valence-electron chi connectivity index (χ3n) is 2.84. The van der Waals surface area contributed by atoms with Crippen LogP contribution in [0.4, 0.5) is 17.8 Å². The Bertz CT molecular complexity index is 419. The molecule has 18 heavy (non-hydrogen) atoms. The molecule has 4 nitrogen and oxygen atoms in total. The fourth-order valence-electron chi connectivity index (χ4n) is 1.41. The first-order valence-electron chi connectivity index (χ1n) is 4.66. The molecule has 0 saturated heterocycles. The molecule has 1 aliphatic carbocycles. The Kier molecular flexibility index (Phi) is 3.50. The summed E-state index contributed by atoms with van der Waals surface area (Å²) in [6.07, 6.45) is 1.40. The third kappa shape index (κ3) is 1.77. The van der Waals surface area contributed by atoms with Gasteiger partial charge in [-0.3, -0.25) is 9.88 Å². The van der Waals surface area contributed by atoms with Crippen molar-refractivity contribution in [3.63, 3.8) is 0 Å². The number of hydrogen-bond acceptors (Lipinski definition) is 4. The summed E-state index contributed by atoms with van der Waals surface area (Å²) in [5, 5.41) is 0. The summed E-state index contributed by atoms with van der Waals surface area (Å²) in [7, 11) is 0. The summed E-state index contributed by atoms with van der Waals surface area (Å²) in [5.74, 6) is -6.91. The largest absolute Gasteiger partial charge is 0.365 e. The van der Waals surface area contributed by atoms with Crippen LogP contribution in [-0.4, -0.2) is 11.9 Å². The second kappa shape index (κ2) is 4.43. The predicted molar refractivity (Wildman–Crippen MR) is 49.0 cm³/mol. The SMILES string of the molecule is CC1(C(=O)OF)C=CC(C)(C(=O)OF)C(F)=C1F. The zero-order chi connectivity index (χ0) is 14.1. The van der Waals surface area contributed by atoms with Crippen LogP contribution in [0, 0.1) is 10.8 Å². The zero-order valence-electron chi connectivity index (χ0n) is 9.30. The molecular weight excluding hydrogens is 260 g/mol. The van der Waals surface area contributed by atoms with E-state index in [0.29, 0.717) is 12.2 Å². The third-order valence-corrected chi connectivity index (χ3v) is 2.84. The Balaban J connectivity index is 3.33. The first-order valence-corrected chi connectivity index (χ1v) is 4.66. The predicted octanol–water partition coefficient (Wildman–Crippen LogP) is 2.57. The molecule has 0 aromatic heterocycles. The molecule has 0 aliphatic heterocycles. The van der Waals surface area contributed by atoms with Crippen molar-refractivity contribution in [2.24, 2.45) is 10.8 Å². The van der Waals surface area contributed by atoms with Gasteiger partial charge < -0.3 is 0 Å². The second-order valence-electron chi connectivity index (χ2n) is 4.10. The van der Waals surface area contributed by atoms with E-state index < -0.39 is 34.4 Å². The van der Waals surface area contributed by atoms with Crippen molar-refractivity contribution in [3.05, 3.63) is 23.8 Å². The van der Waals surface area contributed by atoms with Gasteiger partial charge in [0.15, 0.2) is 11.7 Å². The van der Waals surface area contributed by atoms with E-state index in [9.17, 15) is 27.4 Å². The number of carbonyl (C=O) groups excluding carboxylic acids is 2. The Hall–Kier alpha value is -1.86. The van der Waals surface area contributed by atoms with Crippen molar-refractivity contribution in [3.8, 4) is 0 Å². The van der Waals surface area contributed by atoms with Crippen molar-refractivity contribution < 1.29 is 37.3 Å². The molecule has 0 aromatic carbocycles. The van der Waals surface area contributed by atoms with Crippen LogP contribution in [0.25, 0.3) is 0 Å². The zero-order valence-corrected chi connectivity index (χ0v) is 9.30. The number of carbonyl (C=O) groups is 2. The lowest BCUT2D eigenvalue weighted by atomic mass is 9.75. The van der Waals surface area contributed by atoms with Crippen molar-refractivity contribution in [2.45, 2.75) is 13.8 Å². The standard InChI is InChI=1S/C10H8F4O4/c1-9(7(15)17-13)3-4-10(2,8(16)18-14)6(12)5(9)11/h3-4H,1-2H3. The van der Waals surface area contributed by atoms with Gasteiger partial charge in [-0.2, -0.15) is 0 Å². The molecule has 2 atom stereocenters. The molecule has 0 radical (unpaired) electrons. The Labute approximate surface area is 98.7 Å². The molecule has 0 spiro atoms. The van der Waals surface area contributed by atoms with Crippen molar-refractivity contribution in [1.29, 1.82) is 0 Å². The van der Waals surface area contributed by atoms with Gasteiger partial charge in [-0.05, 0) is 13.8 Å². The number of hydrogen-bond donors (Lipinski definition) is 0. The minimum absolute atomic E-state index is 0.699.